The van der Waals surface area contributed by atoms with Gasteiger partial charge in [-0.3, -0.25) is 19.3 Å². The summed E-state index contributed by atoms with van der Waals surface area (Å²) in [5.74, 6) is -1.60. The summed E-state index contributed by atoms with van der Waals surface area (Å²) in [7, 11) is 0. The molecule has 134 valence electrons. The van der Waals surface area contributed by atoms with Gasteiger partial charge < -0.3 is 15.2 Å². The first-order chi connectivity index (χ1) is 11.9. The highest BCUT2D eigenvalue weighted by atomic mass is 16.5. The third-order valence-corrected chi connectivity index (χ3v) is 5.04. The van der Waals surface area contributed by atoms with E-state index >= 15 is 0 Å². The number of nitrogens with one attached hydrogen (secondary N) is 1. The number of hydrogen-bond donors (Lipinski definition) is 2. The highest BCUT2D eigenvalue weighted by Crippen LogP contribution is 2.34. The molecule has 1 aromatic carbocycles. The van der Waals surface area contributed by atoms with Crippen molar-refractivity contribution in [3.8, 4) is 5.75 Å². The molecule has 7 nitrogen and oxygen atoms in total. The van der Waals surface area contributed by atoms with Gasteiger partial charge in [0, 0.05) is 0 Å². The van der Waals surface area contributed by atoms with Crippen LogP contribution < -0.4 is 15.0 Å². The van der Waals surface area contributed by atoms with Crippen molar-refractivity contribution in [1.82, 2.24) is 5.32 Å². The molecule has 1 fully saturated rings. The lowest BCUT2D eigenvalue weighted by Crippen LogP contribution is -2.58. The van der Waals surface area contributed by atoms with Crippen molar-refractivity contribution in [3.63, 3.8) is 0 Å². The van der Waals surface area contributed by atoms with Crippen molar-refractivity contribution in [1.29, 1.82) is 0 Å². The van der Waals surface area contributed by atoms with E-state index < -0.39 is 17.4 Å². The van der Waals surface area contributed by atoms with Crippen molar-refractivity contribution in [2.75, 3.05) is 18.1 Å². The van der Waals surface area contributed by atoms with Gasteiger partial charge in [-0.1, -0.05) is 25.0 Å². The maximum Gasteiger partial charge on any atom is 0.308 e. The fourth-order valence-electron chi connectivity index (χ4n) is 3.71. The van der Waals surface area contributed by atoms with Gasteiger partial charge in [-0.05, 0) is 31.9 Å². The number of carboxylic acid groups (broad SMARTS) is 1. The van der Waals surface area contributed by atoms with Crippen LogP contribution in [0.1, 0.15) is 32.6 Å². The number of anilines is 1. The highest BCUT2D eigenvalue weighted by Gasteiger charge is 2.42. The van der Waals surface area contributed by atoms with Crippen LogP contribution >= 0.6 is 0 Å². The van der Waals surface area contributed by atoms with Crippen molar-refractivity contribution in [2.24, 2.45) is 5.92 Å². The monoisotopic (exact) mass is 346 g/mol. The minimum absolute atomic E-state index is 0.112. The number of amides is 2. The highest BCUT2D eigenvalue weighted by molar-refractivity contribution is 6.02. The van der Waals surface area contributed by atoms with Crippen LogP contribution in [0.3, 0.4) is 0 Å². The predicted octanol–water partition coefficient (Wildman–Crippen LogP) is 1.56. The van der Waals surface area contributed by atoms with E-state index in [4.69, 9.17) is 4.74 Å². The molecule has 2 aliphatic rings. The summed E-state index contributed by atoms with van der Waals surface area (Å²) in [6.45, 7) is 1.51. The van der Waals surface area contributed by atoms with E-state index in [9.17, 15) is 19.5 Å². The Morgan fingerprint density at radius 3 is 2.88 bits per heavy atom. The standard InChI is InChI=1S/C18H22N2O5/c1-18(9-5-4-6-12(18)17(23)24)19-15(21)10-20-13-7-2-3-8-14(13)25-11-16(20)22/h2-3,7-8,12H,4-6,9-11H2,1H3,(H,19,21)(H,23,24). The Hall–Kier alpha value is -2.57. The van der Waals surface area contributed by atoms with Crippen molar-refractivity contribution >= 4 is 23.5 Å². The van der Waals surface area contributed by atoms with Gasteiger partial charge in [-0.15, -0.1) is 0 Å². The molecule has 0 radical (unpaired) electrons. The summed E-state index contributed by atoms with van der Waals surface area (Å²) in [4.78, 5) is 37.6. The molecule has 1 aromatic rings. The number of aliphatic carboxylic acids is 1. The summed E-state index contributed by atoms with van der Waals surface area (Å²) in [5.41, 5.74) is -0.242. The Labute approximate surface area is 146 Å². The van der Waals surface area contributed by atoms with Gasteiger partial charge in [0.2, 0.25) is 5.91 Å². The molecular formula is C18H22N2O5. The molecule has 2 unspecified atom stereocenters. The van der Waals surface area contributed by atoms with Crippen LogP contribution in [-0.2, 0) is 14.4 Å². The van der Waals surface area contributed by atoms with Crippen LogP contribution in [0.5, 0.6) is 5.75 Å². The summed E-state index contributed by atoms with van der Waals surface area (Å²) in [6.07, 6.45) is 2.88. The molecule has 1 saturated carbocycles. The average molecular weight is 346 g/mol. The summed E-state index contributed by atoms with van der Waals surface area (Å²) in [6, 6.07) is 7.04. The lowest BCUT2D eigenvalue weighted by Gasteiger charge is -2.40. The minimum atomic E-state index is -0.893. The van der Waals surface area contributed by atoms with Crippen LogP contribution in [0.2, 0.25) is 0 Å². The molecule has 25 heavy (non-hydrogen) atoms. The molecule has 3 rings (SSSR count). The predicted molar refractivity (Wildman–Crippen MR) is 90.4 cm³/mol. The molecule has 0 spiro atoms. The van der Waals surface area contributed by atoms with Crippen molar-refractivity contribution in [3.05, 3.63) is 24.3 Å². The zero-order chi connectivity index (χ0) is 18.0. The molecule has 2 amide bonds. The molecule has 0 saturated heterocycles. The van der Waals surface area contributed by atoms with E-state index in [1.807, 2.05) is 0 Å². The number of carbonyl (C=O) groups excluding carboxylic acids is 2. The number of fused-ring (bicyclic) bond motifs is 1. The second-order valence-corrected chi connectivity index (χ2v) is 6.84. The van der Waals surface area contributed by atoms with Gasteiger partial charge in [-0.25, -0.2) is 0 Å². The number of nitrogens with zero attached hydrogens (tertiary/aromatic N) is 1. The number of carbonyl (C=O) groups is 3. The first kappa shape index (κ1) is 17.3. The minimum Gasteiger partial charge on any atom is -0.482 e. The van der Waals surface area contributed by atoms with Gasteiger partial charge in [-0.2, -0.15) is 0 Å². The molecule has 0 aromatic heterocycles. The SMILES string of the molecule is CC1(NC(=O)CN2C(=O)COc3ccccc32)CCCCC1C(=O)O. The van der Waals surface area contributed by atoms with Gasteiger partial charge in [0.05, 0.1) is 17.1 Å². The first-order valence-corrected chi connectivity index (χ1v) is 8.47. The Morgan fingerprint density at radius 1 is 1.36 bits per heavy atom. The van der Waals surface area contributed by atoms with Gasteiger partial charge >= 0.3 is 5.97 Å². The fraction of sp³-hybridized carbons (Fsp3) is 0.500. The van der Waals surface area contributed by atoms with Crippen LogP contribution in [-0.4, -0.2) is 41.6 Å². The third kappa shape index (κ3) is 3.45. The lowest BCUT2D eigenvalue weighted by atomic mass is 9.74. The molecule has 2 N–H and O–H groups in total. The number of ether oxygens (including phenoxy) is 1. The molecule has 7 heteroatoms. The first-order valence-electron chi connectivity index (χ1n) is 8.47. The van der Waals surface area contributed by atoms with E-state index in [0.717, 1.165) is 12.8 Å². The average Bonchev–Trinajstić information content (AvgIpc) is 2.57. The normalized spacial score (nSPS) is 25.7. The molecule has 1 heterocycles. The zero-order valence-electron chi connectivity index (χ0n) is 14.2. The van der Waals surface area contributed by atoms with Gasteiger partial charge in [0.25, 0.3) is 5.91 Å². The Balaban J connectivity index is 1.74. The van der Waals surface area contributed by atoms with Crippen LogP contribution in [0, 0.1) is 5.92 Å². The molecule has 2 atom stereocenters. The smallest absolute Gasteiger partial charge is 0.308 e. The number of hydrogen-bond acceptors (Lipinski definition) is 4. The third-order valence-electron chi connectivity index (χ3n) is 5.04. The lowest BCUT2D eigenvalue weighted by molar-refractivity contribution is -0.146. The van der Waals surface area contributed by atoms with E-state index in [2.05, 4.69) is 5.32 Å². The number of carboxylic acids is 1. The van der Waals surface area contributed by atoms with E-state index in [1.54, 1.807) is 31.2 Å². The van der Waals surface area contributed by atoms with Gasteiger partial charge in [0.1, 0.15) is 12.3 Å². The van der Waals surface area contributed by atoms with E-state index in [-0.39, 0.29) is 25.0 Å². The maximum atomic E-state index is 12.6. The fourth-order valence-corrected chi connectivity index (χ4v) is 3.71. The maximum absolute atomic E-state index is 12.6. The Bertz CT molecular complexity index is 704. The molecule has 0 bridgehead atoms. The van der Waals surface area contributed by atoms with E-state index in [0.29, 0.717) is 24.3 Å². The largest absolute Gasteiger partial charge is 0.482 e. The van der Waals surface area contributed by atoms with E-state index in [1.165, 1.54) is 4.90 Å². The van der Waals surface area contributed by atoms with Crippen LogP contribution in [0.25, 0.3) is 0 Å². The van der Waals surface area contributed by atoms with Crippen molar-refractivity contribution in [2.45, 2.75) is 38.1 Å². The van der Waals surface area contributed by atoms with Crippen LogP contribution in [0.4, 0.5) is 5.69 Å². The van der Waals surface area contributed by atoms with Crippen LogP contribution in [0.15, 0.2) is 24.3 Å². The summed E-state index contributed by atoms with van der Waals surface area (Å²) in [5, 5.41) is 12.3. The topological polar surface area (TPSA) is 95.9 Å². The molecule has 1 aliphatic carbocycles. The van der Waals surface area contributed by atoms with Gasteiger partial charge in [0.15, 0.2) is 6.61 Å². The second-order valence-electron chi connectivity index (χ2n) is 6.84. The number of para-hydroxylation sites is 2. The number of benzene rings is 1. The van der Waals surface area contributed by atoms with Crippen molar-refractivity contribution < 1.29 is 24.2 Å². The summed E-state index contributed by atoms with van der Waals surface area (Å²) >= 11 is 0. The quantitative estimate of drug-likeness (QED) is 0.862. The second kappa shape index (κ2) is 6.74. The number of rotatable bonds is 4. The molecule has 1 aliphatic heterocycles. The molecular weight excluding hydrogens is 324 g/mol. The Kier molecular flexibility index (Phi) is 4.65. The Morgan fingerprint density at radius 2 is 2.12 bits per heavy atom. The zero-order valence-corrected chi connectivity index (χ0v) is 14.2. The summed E-state index contributed by atoms with van der Waals surface area (Å²) < 4.78 is 5.37.